The molecule has 0 saturated carbocycles. The molecule has 7 heteroatoms. The Labute approximate surface area is 116 Å². The van der Waals surface area contributed by atoms with Crippen molar-refractivity contribution in [2.24, 2.45) is 5.11 Å². The lowest BCUT2D eigenvalue weighted by Gasteiger charge is -2.29. The van der Waals surface area contributed by atoms with Crippen molar-refractivity contribution in [3.05, 3.63) is 46.3 Å². The molecule has 7 nitrogen and oxygen atoms in total. The third kappa shape index (κ3) is 4.15. The lowest BCUT2D eigenvalue weighted by Crippen LogP contribution is -2.51. The molecule has 106 valence electrons. The Morgan fingerprint density at radius 2 is 2.30 bits per heavy atom. The summed E-state index contributed by atoms with van der Waals surface area (Å²) in [5.41, 5.74) is 9.44. The molecular formula is C13H17N5O2. The van der Waals surface area contributed by atoms with Crippen LogP contribution in [0.1, 0.15) is 12.0 Å². The van der Waals surface area contributed by atoms with Crippen molar-refractivity contribution in [1.82, 2.24) is 10.6 Å². The van der Waals surface area contributed by atoms with Crippen LogP contribution in [0.25, 0.3) is 10.4 Å². The molecule has 2 N–H and O–H groups in total. The van der Waals surface area contributed by atoms with E-state index in [1.54, 1.807) is 0 Å². The van der Waals surface area contributed by atoms with Gasteiger partial charge in [0.25, 0.3) is 0 Å². The number of ether oxygens (including phenoxy) is 1. The van der Waals surface area contributed by atoms with Gasteiger partial charge >= 0.3 is 6.09 Å². The fraction of sp³-hybridized carbons (Fsp3) is 0.462. The van der Waals surface area contributed by atoms with Crippen LogP contribution in [0.15, 0.2) is 35.4 Å². The number of hydrogen-bond acceptors (Lipinski definition) is 4. The molecule has 2 atom stereocenters. The average Bonchev–Trinajstić information content (AvgIpc) is 2.49. The Hall–Kier alpha value is -2.24. The van der Waals surface area contributed by atoms with Gasteiger partial charge in [0.1, 0.15) is 6.61 Å². The fourth-order valence-electron chi connectivity index (χ4n) is 2.11. The summed E-state index contributed by atoms with van der Waals surface area (Å²) in [5, 5.41) is 9.57. The topological polar surface area (TPSA) is 99.1 Å². The van der Waals surface area contributed by atoms with Crippen LogP contribution < -0.4 is 10.6 Å². The van der Waals surface area contributed by atoms with E-state index in [1.807, 2.05) is 30.3 Å². The van der Waals surface area contributed by atoms with E-state index in [1.165, 1.54) is 0 Å². The largest absolute Gasteiger partial charge is 0.445 e. The first kappa shape index (κ1) is 14.2. The molecule has 1 fully saturated rings. The van der Waals surface area contributed by atoms with Crippen molar-refractivity contribution in [1.29, 1.82) is 0 Å². The molecule has 1 saturated heterocycles. The minimum absolute atomic E-state index is 0.185. The van der Waals surface area contributed by atoms with Gasteiger partial charge in [0.15, 0.2) is 0 Å². The van der Waals surface area contributed by atoms with Crippen LogP contribution in [0.2, 0.25) is 0 Å². The van der Waals surface area contributed by atoms with E-state index in [9.17, 15) is 4.79 Å². The van der Waals surface area contributed by atoms with Crippen LogP contribution in [-0.2, 0) is 11.3 Å². The number of azide groups is 1. The van der Waals surface area contributed by atoms with E-state index < -0.39 is 6.09 Å². The molecule has 0 bridgehead atoms. The summed E-state index contributed by atoms with van der Waals surface area (Å²) in [5.74, 6) is 0. The molecule has 0 unspecified atom stereocenters. The van der Waals surface area contributed by atoms with Crippen LogP contribution >= 0.6 is 0 Å². The van der Waals surface area contributed by atoms with Gasteiger partial charge in [-0.1, -0.05) is 35.4 Å². The standard InChI is InChI=1S/C13H17N5O2/c14-18-17-12-8-15-7-6-11(12)16-13(19)20-9-10-4-2-1-3-5-10/h1-5,11-12,15H,6-9H2,(H,16,19)/t11-,12-/m1/s1. The van der Waals surface area contributed by atoms with E-state index in [2.05, 4.69) is 20.7 Å². The third-order valence-corrected chi connectivity index (χ3v) is 3.17. The molecule has 0 aromatic heterocycles. The number of hydrogen-bond donors (Lipinski definition) is 2. The number of alkyl carbamates (subject to hydrolysis) is 1. The van der Waals surface area contributed by atoms with E-state index in [0.717, 1.165) is 12.1 Å². The second-order valence-electron chi connectivity index (χ2n) is 4.58. The van der Waals surface area contributed by atoms with Gasteiger partial charge in [0, 0.05) is 17.5 Å². The first-order chi connectivity index (χ1) is 9.79. The highest BCUT2D eigenvalue weighted by molar-refractivity contribution is 5.67. The fourth-order valence-corrected chi connectivity index (χ4v) is 2.11. The molecule has 0 aliphatic carbocycles. The van der Waals surface area contributed by atoms with Crippen molar-refractivity contribution in [2.45, 2.75) is 25.1 Å². The Morgan fingerprint density at radius 1 is 1.50 bits per heavy atom. The van der Waals surface area contributed by atoms with E-state index in [0.29, 0.717) is 13.0 Å². The molecule has 20 heavy (non-hydrogen) atoms. The van der Waals surface area contributed by atoms with Crippen LogP contribution in [0.3, 0.4) is 0 Å². The predicted octanol–water partition coefficient (Wildman–Crippen LogP) is 1.95. The van der Waals surface area contributed by atoms with Gasteiger partial charge in [-0.25, -0.2) is 4.79 Å². The van der Waals surface area contributed by atoms with Gasteiger partial charge in [-0.05, 0) is 24.1 Å². The van der Waals surface area contributed by atoms with Gasteiger partial charge in [-0.2, -0.15) is 0 Å². The normalized spacial score (nSPS) is 21.6. The van der Waals surface area contributed by atoms with E-state index >= 15 is 0 Å². The van der Waals surface area contributed by atoms with Crippen LogP contribution in [0.5, 0.6) is 0 Å². The zero-order valence-corrected chi connectivity index (χ0v) is 11.0. The summed E-state index contributed by atoms with van der Waals surface area (Å²) in [6, 6.07) is 9.00. The van der Waals surface area contributed by atoms with Crippen molar-refractivity contribution in [3.8, 4) is 0 Å². The van der Waals surface area contributed by atoms with Crippen molar-refractivity contribution in [2.75, 3.05) is 13.1 Å². The number of benzene rings is 1. The Morgan fingerprint density at radius 3 is 3.05 bits per heavy atom. The summed E-state index contributed by atoms with van der Waals surface area (Å²) in [4.78, 5) is 14.5. The SMILES string of the molecule is [N-]=[N+]=N[C@@H]1CNCC[C@H]1NC(=O)OCc1ccccc1. The number of rotatable bonds is 4. The summed E-state index contributed by atoms with van der Waals surface area (Å²) in [7, 11) is 0. The van der Waals surface area contributed by atoms with Crippen molar-refractivity contribution >= 4 is 6.09 Å². The van der Waals surface area contributed by atoms with Crippen molar-refractivity contribution < 1.29 is 9.53 Å². The minimum Gasteiger partial charge on any atom is -0.445 e. The maximum atomic E-state index is 11.7. The number of nitrogens with zero attached hydrogens (tertiary/aromatic N) is 3. The number of carbonyl (C=O) groups excluding carboxylic acids is 1. The molecule has 1 aliphatic heterocycles. The number of amides is 1. The minimum atomic E-state index is -0.487. The maximum Gasteiger partial charge on any atom is 0.407 e. The number of carbonyl (C=O) groups is 1. The molecule has 1 aromatic rings. The van der Waals surface area contributed by atoms with Crippen LogP contribution in [-0.4, -0.2) is 31.3 Å². The molecule has 0 radical (unpaired) electrons. The van der Waals surface area contributed by atoms with Gasteiger partial charge in [-0.15, -0.1) is 0 Å². The van der Waals surface area contributed by atoms with Crippen LogP contribution in [0, 0.1) is 0 Å². The highest BCUT2D eigenvalue weighted by Gasteiger charge is 2.25. The third-order valence-electron chi connectivity index (χ3n) is 3.17. The molecule has 1 aromatic carbocycles. The lowest BCUT2D eigenvalue weighted by molar-refractivity contribution is 0.132. The molecule has 0 spiro atoms. The first-order valence-electron chi connectivity index (χ1n) is 6.51. The Bertz CT molecular complexity index is 487. The lowest BCUT2D eigenvalue weighted by atomic mass is 10.0. The summed E-state index contributed by atoms with van der Waals surface area (Å²) >= 11 is 0. The summed E-state index contributed by atoms with van der Waals surface area (Å²) < 4.78 is 5.15. The maximum absolute atomic E-state index is 11.7. The van der Waals surface area contributed by atoms with Crippen LogP contribution in [0.4, 0.5) is 4.79 Å². The quantitative estimate of drug-likeness (QED) is 0.499. The molecule has 2 rings (SSSR count). The van der Waals surface area contributed by atoms with E-state index in [4.69, 9.17) is 10.3 Å². The van der Waals surface area contributed by atoms with Gasteiger partial charge in [0.2, 0.25) is 0 Å². The summed E-state index contributed by atoms with van der Waals surface area (Å²) in [6.07, 6.45) is 0.225. The molecular weight excluding hydrogens is 258 g/mol. The van der Waals surface area contributed by atoms with Gasteiger partial charge < -0.3 is 15.4 Å². The number of nitrogens with one attached hydrogen (secondary N) is 2. The highest BCUT2D eigenvalue weighted by atomic mass is 16.5. The summed E-state index contributed by atoms with van der Waals surface area (Å²) in [6.45, 7) is 1.57. The Balaban J connectivity index is 1.82. The Kier molecular flexibility index (Phi) is 5.23. The predicted molar refractivity (Wildman–Crippen MR) is 74.0 cm³/mol. The van der Waals surface area contributed by atoms with Crippen molar-refractivity contribution in [3.63, 3.8) is 0 Å². The second kappa shape index (κ2) is 7.37. The number of piperidine rings is 1. The second-order valence-corrected chi connectivity index (χ2v) is 4.58. The van der Waals surface area contributed by atoms with Gasteiger partial charge in [-0.3, -0.25) is 0 Å². The molecule has 1 aliphatic rings. The van der Waals surface area contributed by atoms with E-state index in [-0.39, 0.29) is 18.7 Å². The molecule has 1 heterocycles. The monoisotopic (exact) mass is 275 g/mol. The highest BCUT2D eigenvalue weighted by Crippen LogP contribution is 2.09. The zero-order chi connectivity index (χ0) is 14.2. The smallest absolute Gasteiger partial charge is 0.407 e. The molecule has 1 amide bonds. The average molecular weight is 275 g/mol. The first-order valence-corrected chi connectivity index (χ1v) is 6.51. The zero-order valence-electron chi connectivity index (χ0n) is 11.0. The van der Waals surface area contributed by atoms with Gasteiger partial charge in [0.05, 0.1) is 6.04 Å².